The van der Waals surface area contributed by atoms with Crippen LogP contribution in [0.1, 0.15) is 12.8 Å². The first-order chi connectivity index (χ1) is 7.34. The van der Waals surface area contributed by atoms with E-state index in [1.165, 1.54) is 6.42 Å². The molecule has 5 heteroatoms. The van der Waals surface area contributed by atoms with Crippen molar-refractivity contribution in [2.24, 2.45) is 0 Å². The molecular formula is C10H14BrN3S. The van der Waals surface area contributed by atoms with E-state index in [0.29, 0.717) is 0 Å². The van der Waals surface area contributed by atoms with Crippen molar-refractivity contribution < 1.29 is 0 Å². The zero-order valence-electron chi connectivity index (χ0n) is 8.42. The second-order valence-corrected chi connectivity index (χ2v) is 5.14. The Kier molecular flexibility index (Phi) is 4.17. The van der Waals surface area contributed by atoms with Gasteiger partial charge >= 0.3 is 0 Å². The van der Waals surface area contributed by atoms with Crippen LogP contribution < -0.4 is 10.6 Å². The van der Waals surface area contributed by atoms with Crippen LogP contribution in [0.5, 0.6) is 0 Å². The Morgan fingerprint density at radius 2 is 2.53 bits per heavy atom. The van der Waals surface area contributed by atoms with Crippen molar-refractivity contribution in [3.8, 4) is 0 Å². The minimum atomic E-state index is 0.913. The summed E-state index contributed by atoms with van der Waals surface area (Å²) < 4.78 is 0.913. The van der Waals surface area contributed by atoms with E-state index in [1.807, 2.05) is 5.38 Å². The van der Waals surface area contributed by atoms with Gasteiger partial charge in [0.05, 0.1) is 0 Å². The van der Waals surface area contributed by atoms with E-state index in [1.54, 1.807) is 16.9 Å². The number of aromatic nitrogens is 1. The highest BCUT2D eigenvalue weighted by atomic mass is 79.9. The molecule has 3 nitrogen and oxygen atoms in total. The third-order valence-electron chi connectivity index (χ3n) is 2.36. The Labute approximate surface area is 102 Å². The normalized spacial score (nSPS) is 16.2. The van der Waals surface area contributed by atoms with Crippen LogP contribution in [0.25, 0.3) is 0 Å². The van der Waals surface area contributed by atoms with E-state index >= 15 is 0 Å². The molecule has 0 saturated heterocycles. The quantitative estimate of drug-likeness (QED) is 0.836. The lowest BCUT2D eigenvalue weighted by Crippen LogP contribution is -2.21. The minimum absolute atomic E-state index is 0.913. The summed E-state index contributed by atoms with van der Waals surface area (Å²) in [5, 5.41) is 9.63. The van der Waals surface area contributed by atoms with Crippen molar-refractivity contribution in [1.29, 1.82) is 0 Å². The van der Waals surface area contributed by atoms with Gasteiger partial charge in [0.1, 0.15) is 4.60 Å². The Morgan fingerprint density at radius 1 is 1.60 bits per heavy atom. The van der Waals surface area contributed by atoms with Crippen LogP contribution in [-0.2, 0) is 0 Å². The Balaban J connectivity index is 1.72. The second kappa shape index (κ2) is 5.63. The standard InChI is InChI=1S/C10H14BrN3S/c11-9-7-15-10(14-9)13-6-3-8-1-4-12-5-2-8/h1,7,12H,2-6H2,(H,13,14). The minimum Gasteiger partial charge on any atom is -0.361 e. The summed E-state index contributed by atoms with van der Waals surface area (Å²) in [5.74, 6) is 0. The summed E-state index contributed by atoms with van der Waals surface area (Å²) in [7, 11) is 0. The van der Waals surface area contributed by atoms with Gasteiger partial charge in [0.2, 0.25) is 0 Å². The van der Waals surface area contributed by atoms with Gasteiger partial charge in [0, 0.05) is 18.5 Å². The van der Waals surface area contributed by atoms with Crippen molar-refractivity contribution in [3.05, 3.63) is 21.6 Å². The molecule has 2 rings (SSSR count). The summed E-state index contributed by atoms with van der Waals surface area (Å²) in [6.07, 6.45) is 4.60. The van der Waals surface area contributed by atoms with Gasteiger partial charge in [0.15, 0.2) is 5.13 Å². The van der Waals surface area contributed by atoms with Crippen LogP contribution in [-0.4, -0.2) is 24.6 Å². The van der Waals surface area contributed by atoms with E-state index in [2.05, 4.69) is 37.6 Å². The molecule has 0 amide bonds. The average molecular weight is 288 g/mol. The van der Waals surface area contributed by atoms with Gasteiger partial charge in [-0.2, -0.15) is 0 Å². The third kappa shape index (κ3) is 3.59. The molecule has 0 aromatic carbocycles. The predicted octanol–water partition coefficient (Wildman–Crippen LogP) is 2.63. The highest BCUT2D eigenvalue weighted by Crippen LogP contribution is 2.19. The molecule has 0 bridgehead atoms. The van der Waals surface area contributed by atoms with E-state index < -0.39 is 0 Å². The van der Waals surface area contributed by atoms with Gasteiger partial charge in [-0.25, -0.2) is 4.98 Å². The first kappa shape index (κ1) is 11.1. The van der Waals surface area contributed by atoms with Crippen LogP contribution in [0.15, 0.2) is 21.6 Å². The van der Waals surface area contributed by atoms with Gasteiger partial charge < -0.3 is 10.6 Å². The van der Waals surface area contributed by atoms with Gasteiger partial charge in [-0.3, -0.25) is 0 Å². The molecule has 2 heterocycles. The molecule has 2 N–H and O–H groups in total. The summed E-state index contributed by atoms with van der Waals surface area (Å²) in [5.41, 5.74) is 1.55. The smallest absolute Gasteiger partial charge is 0.183 e. The molecule has 0 spiro atoms. The number of nitrogens with one attached hydrogen (secondary N) is 2. The lowest BCUT2D eigenvalue weighted by atomic mass is 10.1. The van der Waals surface area contributed by atoms with Gasteiger partial charge in [-0.1, -0.05) is 11.6 Å². The van der Waals surface area contributed by atoms with E-state index in [9.17, 15) is 0 Å². The molecule has 15 heavy (non-hydrogen) atoms. The van der Waals surface area contributed by atoms with Crippen LogP contribution in [0.3, 0.4) is 0 Å². The molecule has 0 unspecified atom stereocenters. The fourth-order valence-electron chi connectivity index (χ4n) is 1.56. The molecule has 0 atom stereocenters. The second-order valence-electron chi connectivity index (χ2n) is 3.47. The fourth-order valence-corrected chi connectivity index (χ4v) is 2.74. The maximum Gasteiger partial charge on any atom is 0.183 e. The van der Waals surface area contributed by atoms with Crippen LogP contribution >= 0.6 is 27.3 Å². The first-order valence-corrected chi connectivity index (χ1v) is 6.75. The highest BCUT2D eigenvalue weighted by Gasteiger charge is 2.03. The fraction of sp³-hybridized carbons (Fsp3) is 0.500. The Hall–Kier alpha value is -0.390. The number of anilines is 1. The lowest BCUT2D eigenvalue weighted by molar-refractivity contribution is 0.683. The van der Waals surface area contributed by atoms with Crippen molar-refractivity contribution in [2.75, 3.05) is 25.0 Å². The predicted molar refractivity (Wildman–Crippen MR) is 68.5 cm³/mol. The zero-order valence-corrected chi connectivity index (χ0v) is 10.8. The zero-order chi connectivity index (χ0) is 10.5. The van der Waals surface area contributed by atoms with Crippen molar-refractivity contribution >= 4 is 32.4 Å². The molecule has 0 aliphatic carbocycles. The molecular weight excluding hydrogens is 274 g/mol. The monoisotopic (exact) mass is 287 g/mol. The highest BCUT2D eigenvalue weighted by molar-refractivity contribution is 9.10. The molecule has 0 radical (unpaired) electrons. The molecule has 1 aromatic rings. The number of hydrogen-bond donors (Lipinski definition) is 2. The summed E-state index contributed by atoms with van der Waals surface area (Å²) in [6, 6.07) is 0. The van der Waals surface area contributed by atoms with Crippen molar-refractivity contribution in [1.82, 2.24) is 10.3 Å². The maximum atomic E-state index is 4.29. The number of nitrogens with zero attached hydrogens (tertiary/aromatic N) is 1. The van der Waals surface area contributed by atoms with Crippen LogP contribution in [0, 0.1) is 0 Å². The average Bonchev–Trinajstić information content (AvgIpc) is 2.66. The van der Waals surface area contributed by atoms with Gasteiger partial charge in [-0.15, -0.1) is 11.3 Å². The van der Waals surface area contributed by atoms with E-state index in [0.717, 1.165) is 35.8 Å². The van der Waals surface area contributed by atoms with Gasteiger partial charge in [0.25, 0.3) is 0 Å². The summed E-state index contributed by atoms with van der Waals surface area (Å²) in [6.45, 7) is 3.12. The Bertz CT molecular complexity index is 348. The van der Waals surface area contributed by atoms with Crippen LogP contribution in [0.2, 0.25) is 0 Å². The summed E-state index contributed by atoms with van der Waals surface area (Å²) in [4.78, 5) is 4.29. The van der Waals surface area contributed by atoms with Crippen molar-refractivity contribution in [3.63, 3.8) is 0 Å². The third-order valence-corrected chi connectivity index (χ3v) is 3.87. The maximum absolute atomic E-state index is 4.29. The summed E-state index contributed by atoms with van der Waals surface area (Å²) >= 11 is 4.98. The lowest BCUT2D eigenvalue weighted by Gasteiger charge is -2.13. The van der Waals surface area contributed by atoms with E-state index in [4.69, 9.17) is 0 Å². The Morgan fingerprint density at radius 3 is 3.20 bits per heavy atom. The first-order valence-electron chi connectivity index (χ1n) is 5.08. The van der Waals surface area contributed by atoms with E-state index in [-0.39, 0.29) is 0 Å². The molecule has 1 aliphatic rings. The number of hydrogen-bond acceptors (Lipinski definition) is 4. The molecule has 82 valence electrons. The SMILES string of the molecule is Brc1csc(NCCC2=CCNCC2)n1. The number of thiazole rings is 1. The number of rotatable bonds is 4. The molecule has 1 aromatic heterocycles. The number of halogens is 1. The molecule has 0 saturated carbocycles. The van der Waals surface area contributed by atoms with Crippen molar-refractivity contribution in [2.45, 2.75) is 12.8 Å². The molecule has 1 aliphatic heterocycles. The van der Waals surface area contributed by atoms with Gasteiger partial charge in [-0.05, 0) is 35.3 Å². The molecule has 0 fully saturated rings. The largest absolute Gasteiger partial charge is 0.361 e. The van der Waals surface area contributed by atoms with Crippen LogP contribution in [0.4, 0.5) is 5.13 Å². The topological polar surface area (TPSA) is 37.0 Å².